The van der Waals surface area contributed by atoms with Gasteiger partial charge in [0.15, 0.2) is 0 Å². The van der Waals surface area contributed by atoms with Gasteiger partial charge in [-0.05, 0) is 57.8 Å². The number of ether oxygens (including phenoxy) is 1. The minimum Gasteiger partial charge on any atom is -0.466 e. The molecule has 0 aliphatic carbocycles. The van der Waals surface area contributed by atoms with Crippen LogP contribution in [-0.4, -0.2) is 47.4 Å². The number of rotatable bonds is 75. The van der Waals surface area contributed by atoms with Gasteiger partial charge >= 0.3 is 5.97 Å². The summed E-state index contributed by atoms with van der Waals surface area (Å²) in [7, 11) is 0. The van der Waals surface area contributed by atoms with Crippen LogP contribution in [0.3, 0.4) is 0 Å². The van der Waals surface area contributed by atoms with Gasteiger partial charge < -0.3 is 20.3 Å². The maximum atomic E-state index is 12.5. The molecule has 0 saturated carbocycles. The van der Waals surface area contributed by atoms with Gasteiger partial charge in [0.05, 0.1) is 25.4 Å². The topological polar surface area (TPSA) is 95.9 Å². The SMILES string of the molecule is CCCCC/C=C\CCCCCCCC(=O)OCCCCCCCCCCCCCCCCCCCCCCCCCCCCCCCCCCCCCCCC(=O)NC(CO)C(O)/C=C/CCCCCCCCCCCCCCCCCCCC. The summed E-state index contributed by atoms with van der Waals surface area (Å²) in [6.45, 7) is 4.93. The molecule has 6 nitrogen and oxygen atoms in total. The highest BCUT2D eigenvalue weighted by molar-refractivity contribution is 5.76. The van der Waals surface area contributed by atoms with E-state index in [1.807, 2.05) is 6.08 Å². The summed E-state index contributed by atoms with van der Waals surface area (Å²) in [5, 5.41) is 23.3. The second-order valence-corrected chi connectivity index (χ2v) is 27.4. The molecule has 0 spiro atoms. The lowest BCUT2D eigenvalue weighted by Crippen LogP contribution is -2.45. The number of aliphatic hydroxyl groups is 2. The minimum atomic E-state index is -0.841. The molecule has 86 heavy (non-hydrogen) atoms. The summed E-state index contributed by atoms with van der Waals surface area (Å²) in [6, 6.07) is -0.624. The lowest BCUT2D eigenvalue weighted by Gasteiger charge is -2.20. The molecule has 3 N–H and O–H groups in total. The van der Waals surface area contributed by atoms with Crippen LogP contribution in [0.4, 0.5) is 0 Å². The molecule has 0 bridgehead atoms. The number of hydrogen-bond acceptors (Lipinski definition) is 5. The molecular formula is C80H155NO5. The molecule has 0 aromatic rings. The second-order valence-electron chi connectivity index (χ2n) is 27.4. The third-order valence-electron chi connectivity index (χ3n) is 18.7. The molecule has 0 saturated heterocycles. The number of allylic oxidation sites excluding steroid dienone is 3. The summed E-state index contributed by atoms with van der Waals surface area (Å²) < 4.78 is 5.48. The number of unbranched alkanes of at least 4 members (excludes halogenated alkanes) is 62. The van der Waals surface area contributed by atoms with Gasteiger partial charge in [0.2, 0.25) is 5.91 Å². The van der Waals surface area contributed by atoms with Gasteiger partial charge in [-0.3, -0.25) is 9.59 Å². The third-order valence-corrected chi connectivity index (χ3v) is 18.7. The molecule has 2 unspecified atom stereocenters. The number of hydrogen-bond donors (Lipinski definition) is 3. The van der Waals surface area contributed by atoms with Crippen LogP contribution >= 0.6 is 0 Å². The van der Waals surface area contributed by atoms with Crippen molar-refractivity contribution in [1.82, 2.24) is 5.32 Å². The monoisotopic (exact) mass is 1210 g/mol. The van der Waals surface area contributed by atoms with Crippen molar-refractivity contribution in [2.75, 3.05) is 13.2 Å². The van der Waals surface area contributed by atoms with Crippen LogP contribution in [0.25, 0.3) is 0 Å². The van der Waals surface area contributed by atoms with Gasteiger partial charge in [-0.25, -0.2) is 0 Å². The zero-order valence-corrected chi connectivity index (χ0v) is 58.6. The maximum absolute atomic E-state index is 12.5. The first-order valence-corrected chi connectivity index (χ1v) is 39.6. The number of carbonyl (C=O) groups excluding carboxylic acids is 2. The zero-order valence-electron chi connectivity index (χ0n) is 58.6. The Morgan fingerprint density at radius 3 is 0.849 bits per heavy atom. The normalized spacial score (nSPS) is 12.6. The van der Waals surface area contributed by atoms with Crippen LogP contribution < -0.4 is 5.32 Å². The fourth-order valence-electron chi connectivity index (χ4n) is 12.7. The first-order chi connectivity index (χ1) is 42.5. The summed E-state index contributed by atoms with van der Waals surface area (Å²) in [5.74, 6) is -0.0438. The van der Waals surface area contributed by atoms with Crippen molar-refractivity contribution in [2.24, 2.45) is 0 Å². The van der Waals surface area contributed by atoms with Gasteiger partial charge in [0.1, 0.15) is 0 Å². The van der Waals surface area contributed by atoms with Crippen LogP contribution in [0, 0.1) is 0 Å². The fourth-order valence-corrected chi connectivity index (χ4v) is 12.7. The van der Waals surface area contributed by atoms with E-state index in [9.17, 15) is 19.8 Å². The van der Waals surface area contributed by atoms with Crippen molar-refractivity contribution in [1.29, 1.82) is 0 Å². The lowest BCUT2D eigenvalue weighted by atomic mass is 10.0. The maximum Gasteiger partial charge on any atom is 0.305 e. The highest BCUT2D eigenvalue weighted by Crippen LogP contribution is 2.20. The van der Waals surface area contributed by atoms with Crippen molar-refractivity contribution in [3.8, 4) is 0 Å². The van der Waals surface area contributed by atoms with Crippen LogP contribution in [0.2, 0.25) is 0 Å². The minimum absolute atomic E-state index is 0.0138. The molecule has 0 aromatic heterocycles. The average molecular weight is 1210 g/mol. The predicted octanol–water partition coefficient (Wildman–Crippen LogP) is 26.0. The summed E-state index contributed by atoms with van der Waals surface area (Å²) in [4.78, 5) is 24.6. The first-order valence-electron chi connectivity index (χ1n) is 39.6. The number of aliphatic hydroxyl groups excluding tert-OH is 2. The van der Waals surface area contributed by atoms with E-state index in [1.54, 1.807) is 6.08 Å². The number of nitrogens with one attached hydrogen (secondary N) is 1. The zero-order chi connectivity index (χ0) is 62.0. The summed E-state index contributed by atoms with van der Waals surface area (Å²) >= 11 is 0. The number of esters is 1. The van der Waals surface area contributed by atoms with E-state index in [0.29, 0.717) is 19.4 Å². The van der Waals surface area contributed by atoms with Crippen LogP contribution in [0.1, 0.15) is 450 Å². The second kappa shape index (κ2) is 75.8. The smallest absolute Gasteiger partial charge is 0.305 e. The molecule has 6 heteroatoms. The Balaban J connectivity index is 3.32. The van der Waals surface area contributed by atoms with Gasteiger partial charge in [-0.2, -0.15) is 0 Å². The molecule has 0 aromatic carbocycles. The van der Waals surface area contributed by atoms with E-state index in [-0.39, 0.29) is 18.5 Å². The Morgan fingerprint density at radius 2 is 0.547 bits per heavy atom. The van der Waals surface area contributed by atoms with Gasteiger partial charge in [-0.15, -0.1) is 0 Å². The Hall–Kier alpha value is -1.66. The highest BCUT2D eigenvalue weighted by Gasteiger charge is 2.18. The van der Waals surface area contributed by atoms with Crippen LogP contribution in [0.15, 0.2) is 24.3 Å². The predicted molar refractivity (Wildman–Crippen MR) is 380 cm³/mol. The van der Waals surface area contributed by atoms with Gasteiger partial charge in [0, 0.05) is 12.8 Å². The van der Waals surface area contributed by atoms with Crippen molar-refractivity contribution in [2.45, 2.75) is 463 Å². The van der Waals surface area contributed by atoms with E-state index in [1.165, 1.54) is 379 Å². The Bertz CT molecular complexity index is 1350. The molecule has 0 radical (unpaired) electrons. The third kappa shape index (κ3) is 71.4. The molecule has 1 amide bonds. The molecule has 0 aliphatic heterocycles. The molecule has 0 rings (SSSR count). The standard InChI is InChI=1S/C80H155NO5/c1-3-5-7-9-11-13-15-17-18-19-20-40-43-46-49-52-56-60-64-68-72-78(83)77(76-82)81-79(84)73-69-65-61-57-53-50-47-44-41-38-36-34-32-30-28-26-24-22-21-23-25-27-29-31-33-35-37-39-42-45-48-51-55-59-63-67-71-75-86-80(85)74-70-66-62-58-54-16-14-12-10-8-6-4-2/h12,14,68,72,77-78,82-83H,3-11,13,15-67,69-71,73-76H2,1-2H3,(H,81,84)/b14-12-,72-68+. The van der Waals surface area contributed by atoms with Crippen molar-refractivity contribution < 1.29 is 24.5 Å². The van der Waals surface area contributed by atoms with E-state index >= 15 is 0 Å². The molecule has 0 aliphatic rings. The Labute approximate surface area is 539 Å². The van der Waals surface area contributed by atoms with Crippen molar-refractivity contribution in [3.63, 3.8) is 0 Å². The first kappa shape index (κ1) is 84.3. The quantitative estimate of drug-likeness (QED) is 0.0320. The highest BCUT2D eigenvalue weighted by atomic mass is 16.5. The average Bonchev–Trinajstić information content (AvgIpc) is 3.53. The lowest BCUT2D eigenvalue weighted by molar-refractivity contribution is -0.143. The van der Waals surface area contributed by atoms with E-state index in [2.05, 4.69) is 31.3 Å². The Kier molecular flexibility index (Phi) is 74.3. The van der Waals surface area contributed by atoms with E-state index in [4.69, 9.17) is 4.74 Å². The molecule has 0 fully saturated rings. The molecule has 2 atom stereocenters. The van der Waals surface area contributed by atoms with Crippen LogP contribution in [0.5, 0.6) is 0 Å². The number of carbonyl (C=O) groups is 2. The molecule has 0 heterocycles. The Morgan fingerprint density at radius 1 is 0.314 bits per heavy atom. The fraction of sp³-hybridized carbons (Fsp3) is 0.925. The van der Waals surface area contributed by atoms with Gasteiger partial charge in [-0.1, -0.05) is 404 Å². The molecular weight excluding hydrogens is 1050 g/mol. The van der Waals surface area contributed by atoms with Crippen LogP contribution in [-0.2, 0) is 14.3 Å². The van der Waals surface area contributed by atoms with Crippen molar-refractivity contribution in [3.05, 3.63) is 24.3 Å². The van der Waals surface area contributed by atoms with Crippen molar-refractivity contribution >= 4 is 11.9 Å². The summed E-state index contributed by atoms with van der Waals surface area (Å²) in [5.41, 5.74) is 0. The van der Waals surface area contributed by atoms with E-state index < -0.39 is 12.1 Å². The van der Waals surface area contributed by atoms with Gasteiger partial charge in [0.25, 0.3) is 0 Å². The molecule has 510 valence electrons. The van der Waals surface area contributed by atoms with E-state index in [0.717, 1.165) is 44.9 Å². The largest absolute Gasteiger partial charge is 0.466 e. The summed E-state index contributed by atoms with van der Waals surface area (Å²) in [6.07, 6.45) is 97.4. The number of amides is 1.